The summed E-state index contributed by atoms with van der Waals surface area (Å²) >= 11 is 9.87. The third kappa shape index (κ3) is 6.13. The molecule has 1 aliphatic heterocycles. The number of carbonyl (C=O) groups is 2. The van der Waals surface area contributed by atoms with Crippen LogP contribution < -0.4 is 10.2 Å². The molecule has 7 nitrogen and oxygen atoms in total. The van der Waals surface area contributed by atoms with E-state index in [0.29, 0.717) is 27.4 Å². The van der Waals surface area contributed by atoms with Crippen LogP contribution in [0.4, 0.5) is 0 Å². The summed E-state index contributed by atoms with van der Waals surface area (Å²) in [6.45, 7) is -0.165. The van der Waals surface area contributed by atoms with Crippen molar-refractivity contribution in [3.8, 4) is 17.1 Å². The highest BCUT2D eigenvalue weighted by Gasteiger charge is 2.18. The predicted octanol–water partition coefficient (Wildman–Crippen LogP) is 5.31. The van der Waals surface area contributed by atoms with Crippen molar-refractivity contribution in [3.63, 3.8) is 0 Å². The van der Waals surface area contributed by atoms with Gasteiger partial charge in [0.1, 0.15) is 17.3 Å². The van der Waals surface area contributed by atoms with Crippen LogP contribution in [0.1, 0.15) is 26.3 Å². The summed E-state index contributed by atoms with van der Waals surface area (Å²) in [5.41, 5.74) is 4.28. The van der Waals surface area contributed by atoms with E-state index in [1.165, 1.54) is 35.4 Å². The van der Waals surface area contributed by atoms with Gasteiger partial charge in [-0.3, -0.25) is 4.79 Å². The summed E-state index contributed by atoms with van der Waals surface area (Å²) in [7, 11) is 0. The quantitative estimate of drug-likeness (QED) is 0.318. The smallest absolute Gasteiger partial charge is 0.337 e. The second-order valence-corrected chi connectivity index (χ2v) is 10.1. The van der Waals surface area contributed by atoms with Crippen molar-refractivity contribution < 1.29 is 23.8 Å². The van der Waals surface area contributed by atoms with E-state index in [-0.39, 0.29) is 17.2 Å². The molecule has 0 radical (unpaired) electrons. The number of carboxylic acids is 1. The van der Waals surface area contributed by atoms with Crippen molar-refractivity contribution >= 4 is 53.2 Å². The summed E-state index contributed by atoms with van der Waals surface area (Å²) in [5.74, 6) is 2.35. The maximum Gasteiger partial charge on any atom is 0.337 e. The van der Waals surface area contributed by atoms with Gasteiger partial charge in [-0.2, -0.15) is 5.10 Å². The number of nitrogens with one attached hydrogen (secondary N) is 1. The zero-order valence-corrected chi connectivity index (χ0v) is 19.6. The lowest BCUT2D eigenvalue weighted by molar-refractivity contribution is -0.123. The molecule has 2 heterocycles. The lowest BCUT2D eigenvalue weighted by Gasteiger charge is -2.09. The van der Waals surface area contributed by atoms with Gasteiger partial charge in [0.25, 0.3) is 5.91 Å². The number of hydrogen-bond acceptors (Lipinski definition) is 7. The standard InChI is InChI=1S/C23H19ClN2O5S2/c24-19-11-15(3-7-18(19)22(28)29)20-8-6-17(31-20)12-25-26-21(27)13-30-16-4-1-14(2-5-16)23-32-9-10-33-23/h1-8,11-12,23H,9-10,13H2,(H,26,27)(H,28,29)/b25-12-. The van der Waals surface area contributed by atoms with E-state index in [1.807, 2.05) is 47.8 Å². The van der Waals surface area contributed by atoms with Crippen molar-refractivity contribution in [3.05, 3.63) is 76.5 Å². The van der Waals surface area contributed by atoms with Gasteiger partial charge >= 0.3 is 5.97 Å². The van der Waals surface area contributed by atoms with Crippen LogP contribution in [0.15, 0.2) is 64.1 Å². The highest BCUT2D eigenvalue weighted by molar-refractivity contribution is 8.19. The molecule has 33 heavy (non-hydrogen) atoms. The van der Waals surface area contributed by atoms with Gasteiger partial charge in [-0.15, -0.1) is 23.5 Å². The largest absolute Gasteiger partial charge is 0.484 e. The average molecular weight is 503 g/mol. The third-order valence-electron chi connectivity index (χ3n) is 4.64. The Morgan fingerprint density at radius 3 is 2.61 bits per heavy atom. The van der Waals surface area contributed by atoms with Crippen LogP contribution in [0.5, 0.6) is 5.75 Å². The van der Waals surface area contributed by atoms with Crippen LogP contribution in [0.25, 0.3) is 11.3 Å². The number of carbonyl (C=O) groups excluding carboxylic acids is 1. The van der Waals surface area contributed by atoms with E-state index in [2.05, 4.69) is 10.5 Å². The van der Waals surface area contributed by atoms with Gasteiger partial charge < -0.3 is 14.3 Å². The normalized spacial score (nSPS) is 14.0. The van der Waals surface area contributed by atoms with Crippen LogP contribution in [-0.4, -0.2) is 41.3 Å². The molecule has 170 valence electrons. The Kier molecular flexibility index (Phi) is 7.64. The number of aromatic carboxylic acids is 1. The number of furan rings is 1. The number of halogens is 1. The molecule has 4 rings (SSSR count). The van der Waals surface area contributed by atoms with E-state index in [9.17, 15) is 9.59 Å². The molecule has 1 aromatic heterocycles. The minimum absolute atomic E-state index is 0.0152. The molecule has 1 fully saturated rings. The number of thioether (sulfide) groups is 2. The topological polar surface area (TPSA) is 101 Å². The fraction of sp³-hybridized carbons (Fsp3) is 0.174. The zero-order valence-electron chi connectivity index (χ0n) is 17.2. The number of amides is 1. The monoisotopic (exact) mass is 502 g/mol. The first-order valence-corrected chi connectivity index (χ1v) is 12.4. The van der Waals surface area contributed by atoms with Gasteiger partial charge in [0, 0.05) is 17.1 Å². The Morgan fingerprint density at radius 2 is 1.91 bits per heavy atom. The number of rotatable bonds is 8. The first kappa shape index (κ1) is 23.3. The van der Waals surface area contributed by atoms with E-state index in [1.54, 1.807) is 18.2 Å². The first-order valence-electron chi connectivity index (χ1n) is 9.90. The molecular formula is C23H19ClN2O5S2. The molecule has 0 spiro atoms. The Balaban J connectivity index is 1.26. The number of hydrazone groups is 1. The molecule has 10 heteroatoms. The highest BCUT2D eigenvalue weighted by Crippen LogP contribution is 2.45. The summed E-state index contributed by atoms with van der Waals surface area (Å²) in [6, 6.07) is 15.7. The summed E-state index contributed by atoms with van der Waals surface area (Å²) in [4.78, 5) is 23.1. The van der Waals surface area contributed by atoms with Crippen LogP contribution in [-0.2, 0) is 4.79 Å². The van der Waals surface area contributed by atoms with Crippen molar-refractivity contribution in [2.24, 2.45) is 5.10 Å². The molecular weight excluding hydrogens is 484 g/mol. The Bertz CT molecular complexity index is 1170. The maximum atomic E-state index is 12.0. The maximum absolute atomic E-state index is 12.0. The predicted molar refractivity (Wildman–Crippen MR) is 131 cm³/mol. The fourth-order valence-electron chi connectivity index (χ4n) is 3.04. The van der Waals surface area contributed by atoms with E-state index < -0.39 is 11.9 Å². The number of carboxylic acid groups (broad SMARTS) is 1. The lowest BCUT2D eigenvalue weighted by Crippen LogP contribution is -2.24. The van der Waals surface area contributed by atoms with Gasteiger partial charge in [0.05, 0.1) is 21.4 Å². The van der Waals surface area contributed by atoms with Crippen LogP contribution in [0.3, 0.4) is 0 Å². The second kappa shape index (κ2) is 10.8. The SMILES string of the molecule is O=C(COc1ccc(C2SCCS2)cc1)N/N=C\c1ccc(-c2ccc(C(=O)O)c(Cl)c2)o1. The minimum Gasteiger partial charge on any atom is -0.484 e. The van der Waals surface area contributed by atoms with Gasteiger partial charge in [-0.1, -0.05) is 29.8 Å². The molecule has 0 aliphatic carbocycles. The highest BCUT2D eigenvalue weighted by atomic mass is 35.5. The second-order valence-electron chi connectivity index (χ2n) is 6.93. The third-order valence-corrected chi connectivity index (χ3v) is 8.05. The van der Waals surface area contributed by atoms with Gasteiger partial charge in [-0.05, 0) is 42.0 Å². The first-order chi connectivity index (χ1) is 16.0. The zero-order chi connectivity index (χ0) is 23.2. The van der Waals surface area contributed by atoms with Gasteiger partial charge in [0.2, 0.25) is 0 Å². The van der Waals surface area contributed by atoms with Crippen molar-refractivity contribution in [2.75, 3.05) is 18.1 Å². The van der Waals surface area contributed by atoms with Gasteiger partial charge in [-0.25, -0.2) is 10.2 Å². The van der Waals surface area contributed by atoms with Crippen LogP contribution >= 0.6 is 35.1 Å². The van der Waals surface area contributed by atoms with E-state index in [0.717, 1.165) is 0 Å². The molecule has 2 aromatic carbocycles. The van der Waals surface area contributed by atoms with Crippen molar-refractivity contribution in [1.82, 2.24) is 5.43 Å². The van der Waals surface area contributed by atoms with Crippen molar-refractivity contribution in [2.45, 2.75) is 4.58 Å². The molecule has 0 unspecified atom stereocenters. The minimum atomic E-state index is -1.10. The van der Waals surface area contributed by atoms with Crippen LogP contribution in [0, 0.1) is 0 Å². The Morgan fingerprint density at radius 1 is 1.15 bits per heavy atom. The molecule has 1 aliphatic rings. The van der Waals surface area contributed by atoms with Crippen LogP contribution in [0.2, 0.25) is 5.02 Å². The lowest BCUT2D eigenvalue weighted by atomic mass is 10.1. The Hall–Kier alpha value is -2.88. The molecule has 0 bridgehead atoms. The molecule has 0 saturated carbocycles. The molecule has 2 N–H and O–H groups in total. The van der Waals surface area contributed by atoms with E-state index >= 15 is 0 Å². The van der Waals surface area contributed by atoms with Gasteiger partial charge in [0.15, 0.2) is 6.61 Å². The number of benzene rings is 2. The fourth-order valence-corrected chi connectivity index (χ4v) is 6.16. The number of hydrogen-bond donors (Lipinski definition) is 2. The number of nitrogens with zero attached hydrogens (tertiary/aromatic N) is 1. The summed E-state index contributed by atoms with van der Waals surface area (Å²) in [6.07, 6.45) is 1.36. The molecule has 0 atom stereocenters. The number of ether oxygens (including phenoxy) is 1. The molecule has 1 saturated heterocycles. The summed E-state index contributed by atoms with van der Waals surface area (Å²) in [5, 5.41) is 13.0. The van der Waals surface area contributed by atoms with Crippen molar-refractivity contribution in [1.29, 1.82) is 0 Å². The van der Waals surface area contributed by atoms with E-state index in [4.69, 9.17) is 25.9 Å². The molecule has 1 amide bonds. The Labute approximate surface area is 203 Å². The molecule has 3 aromatic rings. The summed E-state index contributed by atoms with van der Waals surface area (Å²) < 4.78 is 11.6. The average Bonchev–Trinajstić information content (AvgIpc) is 3.50.